The van der Waals surface area contributed by atoms with Crippen molar-refractivity contribution in [3.63, 3.8) is 0 Å². The van der Waals surface area contributed by atoms with Crippen molar-refractivity contribution in [2.24, 2.45) is 0 Å². The number of thiazole rings is 1. The van der Waals surface area contributed by atoms with Crippen LogP contribution in [0.4, 0.5) is 0 Å². The second kappa shape index (κ2) is 7.53. The molecule has 10 heteroatoms. The minimum atomic E-state index is -3.24. The molecule has 0 N–H and O–H groups in total. The molecule has 0 spiro atoms. The lowest BCUT2D eigenvalue weighted by molar-refractivity contribution is 0.240. The van der Waals surface area contributed by atoms with E-state index in [1.54, 1.807) is 40.3 Å². The number of tetrazole rings is 1. The van der Waals surface area contributed by atoms with Crippen LogP contribution in [-0.4, -0.2) is 51.3 Å². The zero-order valence-electron chi connectivity index (χ0n) is 16.3. The lowest BCUT2D eigenvalue weighted by Crippen LogP contribution is -2.24. The smallest absolute Gasteiger partial charge is 0.175 e. The van der Waals surface area contributed by atoms with E-state index in [4.69, 9.17) is 4.98 Å². The van der Waals surface area contributed by atoms with Gasteiger partial charge in [0.2, 0.25) is 0 Å². The summed E-state index contributed by atoms with van der Waals surface area (Å²) in [6, 6.07) is 15.1. The SMILES string of the molecule is CS(=O)(=O)c1ccc(-n2nnnc2CN2CCCC2c2nc3ccccc3s2)cc1. The first-order chi connectivity index (χ1) is 14.5. The summed E-state index contributed by atoms with van der Waals surface area (Å²) in [7, 11) is -3.24. The molecule has 1 atom stereocenters. The molecule has 154 valence electrons. The van der Waals surface area contributed by atoms with Gasteiger partial charge < -0.3 is 0 Å². The Morgan fingerprint density at radius 1 is 1.13 bits per heavy atom. The van der Waals surface area contributed by atoms with Gasteiger partial charge in [0.25, 0.3) is 0 Å². The number of benzene rings is 2. The van der Waals surface area contributed by atoms with Gasteiger partial charge in [0.15, 0.2) is 15.7 Å². The Morgan fingerprint density at radius 3 is 2.70 bits per heavy atom. The topological polar surface area (TPSA) is 93.9 Å². The molecule has 1 aliphatic rings. The Bertz CT molecular complexity index is 1260. The monoisotopic (exact) mass is 440 g/mol. The summed E-state index contributed by atoms with van der Waals surface area (Å²) in [6.07, 6.45) is 3.36. The van der Waals surface area contributed by atoms with Crippen LogP contribution in [0.1, 0.15) is 29.7 Å². The quantitative estimate of drug-likeness (QED) is 0.471. The predicted molar refractivity (Wildman–Crippen MR) is 114 cm³/mol. The Balaban J connectivity index is 1.40. The lowest BCUT2D eigenvalue weighted by Gasteiger charge is -2.22. The van der Waals surface area contributed by atoms with Crippen LogP contribution in [0, 0.1) is 0 Å². The Labute approximate surface area is 178 Å². The average molecular weight is 441 g/mol. The maximum Gasteiger partial charge on any atom is 0.175 e. The molecule has 5 rings (SSSR count). The first-order valence-corrected chi connectivity index (χ1v) is 12.4. The normalized spacial score (nSPS) is 17.7. The number of hydrogen-bond acceptors (Lipinski definition) is 8. The molecular weight excluding hydrogens is 420 g/mol. The van der Waals surface area contributed by atoms with Crippen LogP contribution in [0.25, 0.3) is 15.9 Å². The molecule has 0 aliphatic carbocycles. The van der Waals surface area contributed by atoms with Gasteiger partial charge in [-0.25, -0.2) is 13.4 Å². The highest BCUT2D eigenvalue weighted by Gasteiger charge is 2.30. The van der Waals surface area contributed by atoms with Crippen LogP contribution in [0.3, 0.4) is 0 Å². The van der Waals surface area contributed by atoms with E-state index < -0.39 is 9.84 Å². The molecule has 30 heavy (non-hydrogen) atoms. The van der Waals surface area contributed by atoms with Crippen molar-refractivity contribution < 1.29 is 8.42 Å². The van der Waals surface area contributed by atoms with Gasteiger partial charge in [-0.15, -0.1) is 16.4 Å². The number of sulfone groups is 1. The van der Waals surface area contributed by atoms with Gasteiger partial charge in [0.05, 0.1) is 33.4 Å². The highest BCUT2D eigenvalue weighted by atomic mass is 32.2. The molecule has 1 aliphatic heterocycles. The fourth-order valence-corrected chi connectivity index (χ4v) is 5.62. The van der Waals surface area contributed by atoms with Crippen LogP contribution in [0.2, 0.25) is 0 Å². The van der Waals surface area contributed by atoms with Crippen LogP contribution < -0.4 is 0 Å². The second-order valence-corrected chi connectivity index (χ2v) is 10.5. The molecule has 0 amide bonds. The molecule has 0 radical (unpaired) electrons. The Hall–Kier alpha value is -2.69. The standard InChI is InChI=1S/C20H20N6O2S2/c1-30(27,28)15-10-8-14(9-11-15)26-19(22-23-24-26)13-25-12-4-6-17(25)20-21-16-5-2-3-7-18(16)29-20/h2-3,5,7-11,17H,4,6,12-13H2,1H3. The zero-order valence-corrected chi connectivity index (χ0v) is 18.0. The summed E-state index contributed by atoms with van der Waals surface area (Å²) in [5, 5.41) is 13.3. The number of fused-ring (bicyclic) bond motifs is 1. The molecular formula is C20H20N6O2S2. The third-order valence-electron chi connectivity index (χ3n) is 5.35. The van der Waals surface area contributed by atoms with Gasteiger partial charge in [-0.3, -0.25) is 4.90 Å². The van der Waals surface area contributed by atoms with Crippen molar-refractivity contribution in [2.75, 3.05) is 12.8 Å². The first-order valence-electron chi connectivity index (χ1n) is 9.66. The fraction of sp³-hybridized carbons (Fsp3) is 0.300. The highest BCUT2D eigenvalue weighted by Crippen LogP contribution is 2.37. The van der Waals surface area contributed by atoms with E-state index in [0.29, 0.717) is 6.54 Å². The summed E-state index contributed by atoms with van der Waals surface area (Å²) < 4.78 is 26.3. The van der Waals surface area contributed by atoms with Crippen LogP contribution in [-0.2, 0) is 16.4 Å². The number of hydrogen-bond donors (Lipinski definition) is 0. The number of para-hydroxylation sites is 1. The summed E-state index contributed by atoms with van der Waals surface area (Å²) in [5.41, 5.74) is 1.78. The summed E-state index contributed by atoms with van der Waals surface area (Å²) in [4.78, 5) is 7.49. The van der Waals surface area contributed by atoms with E-state index in [9.17, 15) is 8.42 Å². The van der Waals surface area contributed by atoms with Crippen molar-refractivity contribution in [3.05, 3.63) is 59.4 Å². The number of likely N-dealkylation sites (tertiary alicyclic amines) is 1. The van der Waals surface area contributed by atoms with E-state index in [0.717, 1.165) is 41.4 Å². The number of rotatable bonds is 5. The molecule has 0 saturated carbocycles. The number of aromatic nitrogens is 5. The van der Waals surface area contributed by atoms with E-state index in [-0.39, 0.29) is 10.9 Å². The zero-order chi connectivity index (χ0) is 20.7. The van der Waals surface area contributed by atoms with Gasteiger partial charge in [0, 0.05) is 6.26 Å². The maximum atomic E-state index is 11.7. The summed E-state index contributed by atoms with van der Waals surface area (Å²) >= 11 is 1.75. The van der Waals surface area contributed by atoms with Crippen LogP contribution in [0.5, 0.6) is 0 Å². The van der Waals surface area contributed by atoms with E-state index in [2.05, 4.69) is 32.6 Å². The molecule has 1 saturated heterocycles. The highest BCUT2D eigenvalue weighted by molar-refractivity contribution is 7.90. The third kappa shape index (κ3) is 3.62. The van der Waals surface area contributed by atoms with Gasteiger partial charge in [-0.1, -0.05) is 12.1 Å². The van der Waals surface area contributed by atoms with E-state index in [1.807, 2.05) is 12.1 Å². The van der Waals surface area contributed by atoms with Gasteiger partial charge in [-0.05, 0) is 66.2 Å². The van der Waals surface area contributed by atoms with E-state index in [1.165, 1.54) is 11.0 Å². The van der Waals surface area contributed by atoms with Gasteiger partial charge >= 0.3 is 0 Å². The largest absolute Gasteiger partial charge is 0.286 e. The van der Waals surface area contributed by atoms with Crippen LogP contribution >= 0.6 is 11.3 Å². The third-order valence-corrected chi connectivity index (χ3v) is 7.61. The fourth-order valence-electron chi connectivity index (χ4n) is 3.85. The molecule has 4 aromatic rings. The molecule has 0 bridgehead atoms. The Morgan fingerprint density at radius 2 is 1.93 bits per heavy atom. The first kappa shape index (κ1) is 19.3. The van der Waals surface area contributed by atoms with Gasteiger partial charge in [-0.2, -0.15) is 4.68 Å². The summed E-state index contributed by atoms with van der Waals surface area (Å²) in [5.74, 6) is 0.718. The minimum Gasteiger partial charge on any atom is -0.286 e. The minimum absolute atomic E-state index is 0.250. The second-order valence-electron chi connectivity index (χ2n) is 7.42. The molecule has 1 fully saturated rings. The summed E-state index contributed by atoms with van der Waals surface area (Å²) in [6.45, 7) is 1.56. The van der Waals surface area contributed by atoms with Crippen molar-refractivity contribution in [1.82, 2.24) is 30.1 Å². The van der Waals surface area contributed by atoms with Crippen LogP contribution in [0.15, 0.2) is 53.4 Å². The van der Waals surface area contributed by atoms with Crippen molar-refractivity contribution in [1.29, 1.82) is 0 Å². The van der Waals surface area contributed by atoms with Crippen molar-refractivity contribution in [3.8, 4) is 5.69 Å². The maximum absolute atomic E-state index is 11.7. The molecule has 2 aromatic heterocycles. The van der Waals surface area contributed by atoms with Crippen molar-refractivity contribution >= 4 is 31.4 Å². The van der Waals surface area contributed by atoms with E-state index >= 15 is 0 Å². The molecule has 2 aromatic carbocycles. The predicted octanol–water partition coefficient (Wildman–Crippen LogP) is 3.01. The average Bonchev–Trinajstić information content (AvgIpc) is 3.46. The Kier molecular flexibility index (Phi) is 4.84. The molecule has 3 heterocycles. The molecule has 1 unspecified atom stereocenters. The van der Waals surface area contributed by atoms with Gasteiger partial charge in [0.1, 0.15) is 5.01 Å². The lowest BCUT2D eigenvalue weighted by atomic mass is 10.2. The molecule has 8 nitrogen and oxygen atoms in total. The number of nitrogens with zero attached hydrogens (tertiary/aromatic N) is 6. The van der Waals surface area contributed by atoms with Crippen molar-refractivity contribution in [2.45, 2.75) is 30.3 Å².